The molecule has 3 amide bonds. The number of hydrogen-bond acceptors (Lipinski definition) is 8. The summed E-state index contributed by atoms with van der Waals surface area (Å²) in [5.41, 5.74) is 7.12. The fourth-order valence-electron chi connectivity index (χ4n) is 4.37. The van der Waals surface area contributed by atoms with Crippen LogP contribution in [0.5, 0.6) is 5.75 Å². The number of carbonyl (C=O) groups is 5. The molecule has 14 heteroatoms. The van der Waals surface area contributed by atoms with Crippen LogP contribution in [0.1, 0.15) is 36.9 Å². The zero-order chi connectivity index (χ0) is 28.5. The Labute approximate surface area is 223 Å². The molecular formula is C25H32N6O8. The number of aromatic hydroxyl groups is 1. The van der Waals surface area contributed by atoms with Crippen LogP contribution in [-0.2, 0) is 36.8 Å². The minimum atomic E-state index is -1.33. The normalized spacial score (nSPS) is 17.2. The number of imidazole rings is 1. The van der Waals surface area contributed by atoms with Gasteiger partial charge in [-0.1, -0.05) is 12.1 Å². The summed E-state index contributed by atoms with van der Waals surface area (Å²) in [5, 5.41) is 33.3. The number of nitrogens with one attached hydrogen (secondary N) is 3. The van der Waals surface area contributed by atoms with Crippen LogP contribution >= 0.6 is 0 Å². The average molecular weight is 545 g/mol. The fourth-order valence-corrected chi connectivity index (χ4v) is 4.37. The summed E-state index contributed by atoms with van der Waals surface area (Å²) in [6.45, 7) is 0.194. The Bertz CT molecular complexity index is 1170. The van der Waals surface area contributed by atoms with Gasteiger partial charge in [-0.15, -0.1) is 0 Å². The van der Waals surface area contributed by atoms with E-state index < -0.39 is 60.2 Å². The van der Waals surface area contributed by atoms with E-state index in [2.05, 4.69) is 20.6 Å². The van der Waals surface area contributed by atoms with Crippen molar-refractivity contribution in [1.29, 1.82) is 0 Å². The molecule has 4 atom stereocenters. The summed E-state index contributed by atoms with van der Waals surface area (Å²) < 4.78 is 0. The number of carboxylic acid groups (broad SMARTS) is 2. The van der Waals surface area contributed by atoms with Crippen molar-refractivity contribution in [2.24, 2.45) is 5.73 Å². The third-order valence-electron chi connectivity index (χ3n) is 6.42. The van der Waals surface area contributed by atoms with Gasteiger partial charge in [-0.25, -0.2) is 9.78 Å². The van der Waals surface area contributed by atoms with Crippen LogP contribution in [0.3, 0.4) is 0 Å². The van der Waals surface area contributed by atoms with E-state index in [1.165, 1.54) is 29.6 Å². The van der Waals surface area contributed by atoms with Gasteiger partial charge in [-0.3, -0.25) is 19.2 Å². The second kappa shape index (κ2) is 13.4. The van der Waals surface area contributed by atoms with E-state index in [0.717, 1.165) is 0 Å². The predicted molar refractivity (Wildman–Crippen MR) is 135 cm³/mol. The molecule has 4 unspecified atom stereocenters. The number of hydrogen-bond donors (Lipinski definition) is 7. The Balaban J connectivity index is 1.79. The Kier molecular flexibility index (Phi) is 9.98. The highest BCUT2D eigenvalue weighted by molar-refractivity contribution is 5.94. The number of H-pyrrole nitrogens is 1. The fraction of sp³-hybridized carbons (Fsp3) is 0.440. The van der Waals surface area contributed by atoms with Crippen LogP contribution in [0, 0.1) is 0 Å². The first-order valence-electron chi connectivity index (χ1n) is 12.4. The number of rotatable bonds is 13. The molecule has 0 radical (unpaired) electrons. The Morgan fingerprint density at radius 2 is 1.74 bits per heavy atom. The minimum Gasteiger partial charge on any atom is -0.508 e. The first kappa shape index (κ1) is 29.1. The number of phenolic OH excluding ortho intramolecular Hbond substituents is 1. The number of aliphatic carboxylic acids is 2. The van der Waals surface area contributed by atoms with Crippen molar-refractivity contribution >= 4 is 29.7 Å². The molecule has 39 heavy (non-hydrogen) atoms. The third kappa shape index (κ3) is 8.26. The van der Waals surface area contributed by atoms with Gasteiger partial charge >= 0.3 is 11.9 Å². The lowest BCUT2D eigenvalue weighted by Crippen LogP contribution is -2.57. The van der Waals surface area contributed by atoms with Crippen molar-refractivity contribution in [2.45, 2.75) is 62.7 Å². The minimum absolute atomic E-state index is 0.000869. The van der Waals surface area contributed by atoms with E-state index in [-0.39, 0.29) is 38.0 Å². The molecule has 0 spiro atoms. The number of aromatic nitrogens is 2. The summed E-state index contributed by atoms with van der Waals surface area (Å²) in [5.74, 6) is -4.50. The third-order valence-corrected chi connectivity index (χ3v) is 6.42. The maximum atomic E-state index is 13.5. The van der Waals surface area contributed by atoms with E-state index in [0.29, 0.717) is 17.7 Å². The van der Waals surface area contributed by atoms with Gasteiger partial charge in [0.15, 0.2) is 0 Å². The van der Waals surface area contributed by atoms with Crippen molar-refractivity contribution in [1.82, 2.24) is 25.5 Å². The quantitative estimate of drug-likeness (QED) is 0.165. The number of likely N-dealkylation sites (tertiary alicyclic amines) is 1. The molecule has 210 valence electrons. The number of amides is 3. The summed E-state index contributed by atoms with van der Waals surface area (Å²) in [6, 6.07) is 1.27. The average Bonchev–Trinajstić information content (AvgIpc) is 3.59. The van der Waals surface area contributed by atoms with Gasteiger partial charge in [-0.2, -0.15) is 0 Å². The molecule has 0 aliphatic carbocycles. The van der Waals surface area contributed by atoms with Crippen LogP contribution < -0.4 is 16.4 Å². The molecule has 2 heterocycles. The molecule has 1 aromatic carbocycles. The zero-order valence-electron chi connectivity index (χ0n) is 21.1. The van der Waals surface area contributed by atoms with Crippen LogP contribution in [0.25, 0.3) is 0 Å². The van der Waals surface area contributed by atoms with Crippen LogP contribution in [0.15, 0.2) is 36.8 Å². The number of carbonyl (C=O) groups excluding carboxylic acids is 3. The van der Waals surface area contributed by atoms with Crippen molar-refractivity contribution in [3.63, 3.8) is 0 Å². The Morgan fingerprint density at radius 1 is 1.05 bits per heavy atom. The van der Waals surface area contributed by atoms with E-state index in [9.17, 15) is 34.2 Å². The highest BCUT2D eigenvalue weighted by Crippen LogP contribution is 2.20. The number of carboxylic acids is 2. The topological polar surface area (TPSA) is 228 Å². The second-order valence-electron chi connectivity index (χ2n) is 9.34. The molecule has 1 aromatic heterocycles. The highest BCUT2D eigenvalue weighted by atomic mass is 16.4. The number of benzene rings is 1. The molecule has 0 bridgehead atoms. The number of nitrogens with two attached hydrogens (primary N) is 1. The lowest BCUT2D eigenvalue weighted by atomic mass is 10.0. The first-order chi connectivity index (χ1) is 18.5. The van der Waals surface area contributed by atoms with E-state index in [4.69, 9.17) is 10.8 Å². The van der Waals surface area contributed by atoms with E-state index >= 15 is 0 Å². The standard InChI is InChI=1S/C25H32N6O8/c26-17(11-15-12-27-13-28-15)22(35)29-18(7-8-21(33)34)23(36)30-19(10-14-3-5-16(32)6-4-14)24(37)31-9-1-2-20(31)25(38)39/h3-6,12-13,17-20,32H,1-2,7-11,26H2,(H,27,28)(H,29,35)(H,30,36)(H,33,34)(H,38,39). The highest BCUT2D eigenvalue weighted by Gasteiger charge is 2.38. The largest absolute Gasteiger partial charge is 0.508 e. The van der Waals surface area contributed by atoms with E-state index in [1.807, 2.05) is 0 Å². The monoisotopic (exact) mass is 544 g/mol. The Morgan fingerprint density at radius 3 is 2.36 bits per heavy atom. The molecule has 8 N–H and O–H groups in total. The van der Waals surface area contributed by atoms with Crippen molar-refractivity contribution in [2.75, 3.05) is 6.54 Å². The molecule has 1 saturated heterocycles. The van der Waals surface area contributed by atoms with Crippen molar-refractivity contribution in [3.05, 3.63) is 48.0 Å². The van der Waals surface area contributed by atoms with Crippen molar-refractivity contribution in [3.8, 4) is 5.75 Å². The molecular weight excluding hydrogens is 512 g/mol. The Hall–Kier alpha value is -4.46. The molecule has 1 aliphatic rings. The molecule has 0 saturated carbocycles. The van der Waals surface area contributed by atoms with Crippen LogP contribution in [-0.4, -0.2) is 90.6 Å². The summed E-state index contributed by atoms with van der Waals surface area (Å²) in [6.07, 6.45) is 3.00. The number of aromatic amines is 1. The summed E-state index contributed by atoms with van der Waals surface area (Å²) >= 11 is 0. The van der Waals surface area contributed by atoms with Gasteiger partial charge in [0.05, 0.1) is 12.4 Å². The lowest BCUT2D eigenvalue weighted by molar-refractivity contribution is -0.149. The van der Waals surface area contributed by atoms with Gasteiger partial charge in [-0.05, 0) is 37.0 Å². The van der Waals surface area contributed by atoms with Crippen molar-refractivity contribution < 1.29 is 39.3 Å². The predicted octanol–water partition coefficient (Wildman–Crippen LogP) is -0.862. The van der Waals surface area contributed by atoms with Gasteiger partial charge in [0.25, 0.3) is 0 Å². The van der Waals surface area contributed by atoms with Crippen LogP contribution in [0.2, 0.25) is 0 Å². The molecule has 2 aromatic rings. The van der Waals surface area contributed by atoms with Crippen LogP contribution in [0.4, 0.5) is 0 Å². The SMILES string of the molecule is NC(Cc1cnc[nH]1)C(=O)NC(CCC(=O)O)C(=O)NC(Cc1ccc(O)cc1)C(=O)N1CCCC1C(=O)O. The summed E-state index contributed by atoms with van der Waals surface area (Å²) in [7, 11) is 0. The molecule has 1 aliphatic heterocycles. The zero-order valence-corrected chi connectivity index (χ0v) is 21.1. The molecule has 1 fully saturated rings. The number of phenols is 1. The second-order valence-corrected chi connectivity index (χ2v) is 9.34. The lowest BCUT2D eigenvalue weighted by Gasteiger charge is -2.29. The first-order valence-corrected chi connectivity index (χ1v) is 12.4. The maximum absolute atomic E-state index is 13.5. The van der Waals surface area contributed by atoms with Gasteiger partial charge in [0.2, 0.25) is 17.7 Å². The van der Waals surface area contributed by atoms with Gasteiger partial charge in [0, 0.05) is 37.7 Å². The number of nitrogens with zero attached hydrogens (tertiary/aromatic N) is 2. The summed E-state index contributed by atoms with van der Waals surface area (Å²) in [4.78, 5) is 70.3. The van der Waals surface area contributed by atoms with Gasteiger partial charge in [0.1, 0.15) is 23.9 Å². The van der Waals surface area contributed by atoms with E-state index in [1.54, 1.807) is 12.1 Å². The smallest absolute Gasteiger partial charge is 0.326 e. The maximum Gasteiger partial charge on any atom is 0.326 e. The van der Waals surface area contributed by atoms with Gasteiger partial charge < -0.3 is 41.6 Å². The molecule has 14 nitrogen and oxygen atoms in total. The molecule has 3 rings (SSSR count).